The van der Waals surface area contributed by atoms with Crippen LogP contribution in [0.5, 0.6) is 0 Å². The van der Waals surface area contributed by atoms with E-state index in [1.807, 2.05) is 56.3 Å². The van der Waals surface area contributed by atoms with E-state index in [2.05, 4.69) is 20.6 Å². The minimum atomic E-state index is -0.302. The molecule has 1 amide bonds. The van der Waals surface area contributed by atoms with Crippen LogP contribution >= 0.6 is 11.6 Å². The molecule has 3 aromatic rings. The molecule has 0 saturated carbocycles. The Bertz CT molecular complexity index is 889. The fourth-order valence-corrected chi connectivity index (χ4v) is 2.82. The molecule has 0 aliphatic rings. The fraction of sp³-hybridized carbons (Fsp3) is 0.105. The monoisotopic (exact) mass is 352 g/mol. The lowest BCUT2D eigenvalue weighted by atomic mass is 10.1. The molecule has 0 aliphatic carbocycles. The Labute approximate surface area is 151 Å². The van der Waals surface area contributed by atoms with Crippen LogP contribution in [-0.2, 0) is 0 Å². The standard InChI is InChI=1S/C19H17ClN4O/c1-12-10-13(2)17(15(20)11-12)24-19-21-9-8-16(23-19)18(25)22-14-6-4-3-5-7-14/h3-11H,1-2H3,(H,22,25)(H,21,23,24). The van der Waals surface area contributed by atoms with Crippen molar-refractivity contribution in [3.05, 3.63) is 76.6 Å². The molecule has 0 aliphatic heterocycles. The number of aromatic nitrogens is 2. The van der Waals surface area contributed by atoms with Crippen LogP contribution < -0.4 is 10.6 Å². The Morgan fingerprint density at radius 3 is 2.56 bits per heavy atom. The van der Waals surface area contributed by atoms with Crippen molar-refractivity contribution in [2.75, 3.05) is 10.6 Å². The minimum absolute atomic E-state index is 0.266. The average Bonchev–Trinajstić information content (AvgIpc) is 2.59. The number of benzene rings is 2. The van der Waals surface area contributed by atoms with Gasteiger partial charge in [-0.1, -0.05) is 35.9 Å². The van der Waals surface area contributed by atoms with Gasteiger partial charge in [-0.15, -0.1) is 0 Å². The SMILES string of the molecule is Cc1cc(C)c(Nc2nccc(C(=O)Nc3ccccc3)n2)c(Cl)c1. The highest BCUT2D eigenvalue weighted by Crippen LogP contribution is 2.29. The first kappa shape index (κ1) is 16.9. The second-order valence-corrected chi connectivity index (χ2v) is 6.06. The molecule has 0 fully saturated rings. The first-order valence-corrected chi connectivity index (χ1v) is 8.14. The topological polar surface area (TPSA) is 66.9 Å². The van der Waals surface area contributed by atoms with Crippen molar-refractivity contribution in [2.24, 2.45) is 0 Å². The summed E-state index contributed by atoms with van der Waals surface area (Å²) >= 11 is 6.30. The molecule has 0 radical (unpaired) electrons. The van der Waals surface area contributed by atoms with Crippen LogP contribution in [0.25, 0.3) is 0 Å². The summed E-state index contributed by atoms with van der Waals surface area (Å²) < 4.78 is 0. The second kappa shape index (κ2) is 7.32. The first-order valence-electron chi connectivity index (χ1n) is 7.76. The van der Waals surface area contributed by atoms with E-state index >= 15 is 0 Å². The third-order valence-electron chi connectivity index (χ3n) is 3.59. The molecule has 2 N–H and O–H groups in total. The summed E-state index contributed by atoms with van der Waals surface area (Å²) in [4.78, 5) is 20.8. The Morgan fingerprint density at radius 1 is 1.08 bits per heavy atom. The average molecular weight is 353 g/mol. The molecule has 6 heteroatoms. The number of halogens is 1. The Morgan fingerprint density at radius 2 is 1.84 bits per heavy atom. The Kier molecular flexibility index (Phi) is 4.95. The van der Waals surface area contributed by atoms with Gasteiger partial charge >= 0.3 is 0 Å². The summed E-state index contributed by atoms with van der Waals surface area (Å²) in [5.74, 6) is 0.0120. The minimum Gasteiger partial charge on any atom is -0.323 e. The van der Waals surface area contributed by atoms with Crippen LogP contribution in [0, 0.1) is 13.8 Å². The zero-order chi connectivity index (χ0) is 17.8. The van der Waals surface area contributed by atoms with Crippen LogP contribution in [-0.4, -0.2) is 15.9 Å². The van der Waals surface area contributed by atoms with Gasteiger partial charge in [0.15, 0.2) is 0 Å². The Hall–Kier alpha value is -2.92. The summed E-state index contributed by atoms with van der Waals surface area (Å²) in [5.41, 5.74) is 3.76. The molecule has 25 heavy (non-hydrogen) atoms. The van der Waals surface area contributed by atoms with E-state index in [9.17, 15) is 4.79 Å². The second-order valence-electron chi connectivity index (χ2n) is 5.65. The van der Waals surface area contributed by atoms with Crippen LogP contribution in [0.1, 0.15) is 21.6 Å². The molecule has 2 aromatic carbocycles. The number of carbonyl (C=O) groups is 1. The first-order chi connectivity index (χ1) is 12.0. The van der Waals surface area contributed by atoms with Crippen molar-refractivity contribution in [2.45, 2.75) is 13.8 Å². The molecule has 5 nitrogen and oxygen atoms in total. The molecular weight excluding hydrogens is 336 g/mol. The van der Waals surface area contributed by atoms with Gasteiger partial charge in [0.1, 0.15) is 5.69 Å². The largest absolute Gasteiger partial charge is 0.323 e. The number of carbonyl (C=O) groups excluding carboxylic acids is 1. The van der Waals surface area contributed by atoms with Gasteiger partial charge in [0.05, 0.1) is 10.7 Å². The lowest BCUT2D eigenvalue weighted by Gasteiger charge is -2.12. The summed E-state index contributed by atoms with van der Waals surface area (Å²) in [6.45, 7) is 3.93. The molecular formula is C19H17ClN4O. The molecule has 0 unspecified atom stereocenters. The molecule has 1 aromatic heterocycles. The van der Waals surface area contributed by atoms with Crippen molar-refractivity contribution >= 4 is 34.8 Å². The number of hydrogen-bond donors (Lipinski definition) is 2. The van der Waals surface area contributed by atoms with E-state index in [1.165, 1.54) is 6.20 Å². The van der Waals surface area contributed by atoms with Gasteiger partial charge < -0.3 is 10.6 Å². The summed E-state index contributed by atoms with van der Waals surface area (Å²) in [6, 6.07) is 14.7. The smallest absolute Gasteiger partial charge is 0.274 e. The number of nitrogens with zero attached hydrogens (tertiary/aromatic N) is 2. The van der Waals surface area contributed by atoms with Crippen molar-refractivity contribution < 1.29 is 4.79 Å². The number of anilines is 3. The quantitative estimate of drug-likeness (QED) is 0.711. The predicted octanol–water partition coefficient (Wildman–Crippen LogP) is 4.74. The van der Waals surface area contributed by atoms with E-state index in [1.54, 1.807) is 6.07 Å². The van der Waals surface area contributed by atoms with Crippen LogP contribution in [0.3, 0.4) is 0 Å². The van der Waals surface area contributed by atoms with Crippen molar-refractivity contribution in [3.8, 4) is 0 Å². The third kappa shape index (κ3) is 4.14. The molecule has 0 atom stereocenters. The van der Waals surface area contributed by atoms with Crippen LogP contribution in [0.2, 0.25) is 5.02 Å². The van der Waals surface area contributed by atoms with E-state index in [4.69, 9.17) is 11.6 Å². The molecule has 0 saturated heterocycles. The fourth-order valence-electron chi connectivity index (χ4n) is 2.45. The molecule has 3 rings (SSSR count). The zero-order valence-electron chi connectivity index (χ0n) is 13.9. The van der Waals surface area contributed by atoms with Gasteiger partial charge in [-0.3, -0.25) is 4.79 Å². The van der Waals surface area contributed by atoms with Crippen LogP contribution in [0.4, 0.5) is 17.3 Å². The van der Waals surface area contributed by atoms with Crippen molar-refractivity contribution in [1.82, 2.24) is 9.97 Å². The van der Waals surface area contributed by atoms with Crippen LogP contribution in [0.15, 0.2) is 54.7 Å². The van der Waals surface area contributed by atoms with Crippen molar-refractivity contribution in [3.63, 3.8) is 0 Å². The Balaban J connectivity index is 1.81. The maximum absolute atomic E-state index is 12.3. The highest BCUT2D eigenvalue weighted by atomic mass is 35.5. The van der Waals surface area contributed by atoms with E-state index in [0.717, 1.165) is 16.8 Å². The van der Waals surface area contributed by atoms with E-state index in [0.29, 0.717) is 16.7 Å². The highest BCUT2D eigenvalue weighted by Gasteiger charge is 2.11. The molecule has 1 heterocycles. The lowest BCUT2D eigenvalue weighted by Crippen LogP contribution is -2.14. The number of nitrogens with one attached hydrogen (secondary N) is 2. The van der Waals surface area contributed by atoms with Gasteiger partial charge in [-0.25, -0.2) is 9.97 Å². The summed E-state index contributed by atoms with van der Waals surface area (Å²) in [6.07, 6.45) is 1.53. The van der Waals surface area contributed by atoms with Gasteiger partial charge in [0.2, 0.25) is 5.95 Å². The normalized spacial score (nSPS) is 10.4. The van der Waals surface area contributed by atoms with Crippen molar-refractivity contribution in [1.29, 1.82) is 0 Å². The van der Waals surface area contributed by atoms with Gasteiger partial charge in [-0.05, 0) is 49.2 Å². The summed E-state index contributed by atoms with van der Waals surface area (Å²) in [7, 11) is 0. The van der Waals surface area contributed by atoms with Gasteiger partial charge in [-0.2, -0.15) is 0 Å². The molecule has 126 valence electrons. The van der Waals surface area contributed by atoms with Gasteiger partial charge in [0.25, 0.3) is 5.91 Å². The third-order valence-corrected chi connectivity index (χ3v) is 3.89. The number of rotatable bonds is 4. The number of amides is 1. The zero-order valence-corrected chi connectivity index (χ0v) is 14.6. The lowest BCUT2D eigenvalue weighted by molar-refractivity contribution is 0.102. The number of aryl methyl sites for hydroxylation is 2. The number of hydrogen-bond acceptors (Lipinski definition) is 4. The summed E-state index contributed by atoms with van der Waals surface area (Å²) in [5, 5.41) is 6.47. The molecule has 0 bridgehead atoms. The van der Waals surface area contributed by atoms with Gasteiger partial charge in [0, 0.05) is 11.9 Å². The van der Waals surface area contributed by atoms with E-state index in [-0.39, 0.29) is 11.6 Å². The predicted molar refractivity (Wildman–Crippen MR) is 101 cm³/mol. The number of para-hydroxylation sites is 1. The highest BCUT2D eigenvalue weighted by molar-refractivity contribution is 6.33. The van der Waals surface area contributed by atoms with E-state index < -0.39 is 0 Å². The maximum atomic E-state index is 12.3. The molecule has 0 spiro atoms. The maximum Gasteiger partial charge on any atom is 0.274 e.